The summed E-state index contributed by atoms with van der Waals surface area (Å²) >= 11 is 6.77. The fourth-order valence-corrected chi connectivity index (χ4v) is 4.98. The van der Waals surface area contributed by atoms with E-state index in [9.17, 15) is 9.50 Å². The van der Waals surface area contributed by atoms with Crippen LogP contribution in [0.1, 0.15) is 68.7 Å². The Kier molecular flexibility index (Phi) is 6.73. The van der Waals surface area contributed by atoms with Crippen molar-refractivity contribution in [3.63, 3.8) is 0 Å². The van der Waals surface area contributed by atoms with Gasteiger partial charge in [-0.15, -0.1) is 0 Å². The van der Waals surface area contributed by atoms with Crippen molar-refractivity contribution in [1.82, 2.24) is 15.0 Å². The van der Waals surface area contributed by atoms with Crippen LogP contribution in [-0.4, -0.2) is 20.1 Å². The molecule has 0 fully saturated rings. The van der Waals surface area contributed by atoms with Gasteiger partial charge in [0, 0.05) is 28.9 Å². The summed E-state index contributed by atoms with van der Waals surface area (Å²) in [6.45, 7) is 7.10. The van der Waals surface area contributed by atoms with Crippen LogP contribution in [0.2, 0.25) is 5.02 Å². The Morgan fingerprint density at radius 1 is 1.05 bits per heavy atom. The molecule has 0 saturated heterocycles. The number of nitrogens with zero attached hydrogens (tertiary/aromatic N) is 3. The van der Waals surface area contributed by atoms with Crippen LogP contribution in [0.5, 0.6) is 0 Å². The molecule has 0 bridgehead atoms. The topological polar surface area (TPSA) is 70.9 Å². The van der Waals surface area contributed by atoms with Gasteiger partial charge >= 0.3 is 0 Å². The number of anilines is 1. The molecule has 0 spiro atoms. The zero-order chi connectivity index (χ0) is 26.3. The highest BCUT2D eigenvalue weighted by Crippen LogP contribution is 2.38. The van der Waals surface area contributed by atoms with Crippen molar-refractivity contribution < 1.29 is 9.50 Å². The second kappa shape index (κ2) is 9.84. The average molecular weight is 517 g/mol. The summed E-state index contributed by atoms with van der Waals surface area (Å²) in [4.78, 5) is 13.3. The molecule has 1 atom stereocenters. The van der Waals surface area contributed by atoms with E-state index in [1.807, 2.05) is 44.2 Å². The maximum atomic E-state index is 15.0. The Hall–Kier alpha value is -3.35. The summed E-state index contributed by atoms with van der Waals surface area (Å²) < 4.78 is 15.0. The lowest BCUT2D eigenvalue weighted by Gasteiger charge is -2.21. The summed E-state index contributed by atoms with van der Waals surface area (Å²) in [6, 6.07) is 10.9. The monoisotopic (exact) mass is 516 g/mol. The molecule has 0 aliphatic heterocycles. The summed E-state index contributed by atoms with van der Waals surface area (Å²) in [5, 5.41) is 15.0. The summed E-state index contributed by atoms with van der Waals surface area (Å²) in [7, 11) is 0. The van der Waals surface area contributed by atoms with Crippen LogP contribution in [0.15, 0.2) is 54.9 Å². The fourth-order valence-electron chi connectivity index (χ4n) is 4.78. The van der Waals surface area contributed by atoms with Crippen LogP contribution in [-0.2, 0) is 5.60 Å². The Balaban J connectivity index is 1.54. The second-order valence-electron chi connectivity index (χ2n) is 10.2. The Morgan fingerprint density at radius 3 is 2.46 bits per heavy atom. The maximum absolute atomic E-state index is 15.0. The number of aromatic nitrogens is 3. The molecule has 2 N–H and O–H groups in total. The van der Waals surface area contributed by atoms with Crippen molar-refractivity contribution >= 4 is 33.8 Å². The predicted octanol–water partition coefficient (Wildman–Crippen LogP) is 7.76. The molecule has 190 valence electrons. The lowest BCUT2D eigenvalue weighted by atomic mass is 9.98. The third-order valence-electron chi connectivity index (χ3n) is 6.86. The van der Waals surface area contributed by atoms with Gasteiger partial charge in [0.05, 0.1) is 28.0 Å². The van der Waals surface area contributed by atoms with Gasteiger partial charge in [-0.05, 0) is 87.9 Å². The number of rotatable bonds is 6. The van der Waals surface area contributed by atoms with Gasteiger partial charge in [0.15, 0.2) is 5.82 Å². The molecule has 2 aromatic carbocycles. The lowest BCUT2D eigenvalue weighted by molar-refractivity contribution is 0.0687. The van der Waals surface area contributed by atoms with Crippen LogP contribution in [0, 0.1) is 12.7 Å². The molecule has 5 rings (SSSR count). The molecule has 4 aromatic rings. The number of aliphatic hydroxyl groups is 1. The lowest BCUT2D eigenvalue weighted by Crippen LogP contribution is -2.19. The van der Waals surface area contributed by atoms with Gasteiger partial charge in [0.25, 0.3) is 0 Å². The number of nitrogens with one attached hydrogen (secondary N) is 1. The molecule has 7 heteroatoms. The van der Waals surface area contributed by atoms with Gasteiger partial charge in [-0.2, -0.15) is 0 Å². The minimum Gasteiger partial charge on any atom is -0.382 e. The van der Waals surface area contributed by atoms with Crippen molar-refractivity contribution in [3.8, 4) is 11.1 Å². The zero-order valence-corrected chi connectivity index (χ0v) is 22.2. The first-order valence-electron chi connectivity index (χ1n) is 12.5. The third-order valence-corrected chi connectivity index (χ3v) is 7.32. The molecule has 0 unspecified atom stereocenters. The number of pyridine rings is 1. The van der Waals surface area contributed by atoms with Crippen molar-refractivity contribution in [3.05, 3.63) is 88.4 Å². The maximum Gasteiger partial charge on any atom is 0.159 e. The molecule has 37 heavy (non-hydrogen) atoms. The molecule has 0 amide bonds. The van der Waals surface area contributed by atoms with Crippen LogP contribution >= 0.6 is 11.6 Å². The van der Waals surface area contributed by atoms with E-state index in [1.54, 1.807) is 32.3 Å². The van der Waals surface area contributed by atoms with Crippen LogP contribution in [0.3, 0.4) is 0 Å². The Bertz CT molecular complexity index is 1510. The number of allylic oxidation sites excluding steroid dienone is 2. The van der Waals surface area contributed by atoms with E-state index in [1.165, 1.54) is 5.57 Å². The number of fused-ring (bicyclic) bond motifs is 1. The normalized spacial score (nSPS) is 14.6. The SMILES string of the molecule is Cc1nc2ccc(-c3cnc(C(C)(C)O)nc3)cc2c(N[C@H](C)c2cc(C3=CCCC3)ccc2F)c1Cl. The molecular formula is C30H30ClFN4O. The van der Waals surface area contributed by atoms with Crippen molar-refractivity contribution in [2.75, 3.05) is 5.32 Å². The van der Waals surface area contributed by atoms with Crippen molar-refractivity contribution in [2.45, 2.75) is 58.6 Å². The molecule has 0 saturated carbocycles. The van der Waals surface area contributed by atoms with Crippen LogP contribution in [0.4, 0.5) is 10.1 Å². The highest BCUT2D eigenvalue weighted by atomic mass is 35.5. The highest BCUT2D eigenvalue weighted by Gasteiger charge is 2.21. The predicted molar refractivity (Wildman–Crippen MR) is 148 cm³/mol. The number of halogens is 2. The van der Waals surface area contributed by atoms with Crippen LogP contribution in [0.25, 0.3) is 27.6 Å². The zero-order valence-electron chi connectivity index (χ0n) is 21.4. The highest BCUT2D eigenvalue weighted by molar-refractivity contribution is 6.35. The van der Waals surface area contributed by atoms with Gasteiger partial charge in [-0.25, -0.2) is 14.4 Å². The first kappa shape index (κ1) is 25.3. The van der Waals surface area contributed by atoms with E-state index in [4.69, 9.17) is 11.6 Å². The second-order valence-corrected chi connectivity index (χ2v) is 10.6. The van der Waals surface area contributed by atoms with E-state index in [0.29, 0.717) is 27.8 Å². The number of aryl methyl sites for hydroxylation is 1. The molecule has 5 nitrogen and oxygen atoms in total. The smallest absolute Gasteiger partial charge is 0.159 e. The first-order valence-corrected chi connectivity index (χ1v) is 12.9. The standard InChI is InChI=1S/C30H30ClFN4O/c1-17(23-13-20(9-11-25(23)32)19-7-5-6-8-19)36-28-24-14-21(10-12-26(24)35-18(2)27(28)31)22-15-33-29(34-16-22)30(3,4)37/h7,9-17,37H,5-6,8H2,1-4H3,(H,35,36)/t17-/m1/s1. The minimum atomic E-state index is -1.12. The van der Waals surface area contributed by atoms with E-state index in [2.05, 4.69) is 26.3 Å². The van der Waals surface area contributed by atoms with Crippen molar-refractivity contribution in [2.24, 2.45) is 0 Å². The van der Waals surface area contributed by atoms with Gasteiger partial charge in [-0.3, -0.25) is 4.98 Å². The summed E-state index contributed by atoms with van der Waals surface area (Å²) in [5.41, 5.74) is 5.68. The van der Waals surface area contributed by atoms with E-state index in [-0.39, 0.29) is 11.9 Å². The molecule has 2 aromatic heterocycles. The van der Waals surface area contributed by atoms with Gasteiger partial charge in [0.1, 0.15) is 11.4 Å². The number of hydrogen-bond donors (Lipinski definition) is 2. The summed E-state index contributed by atoms with van der Waals surface area (Å²) in [6.07, 6.45) is 8.86. The molecule has 1 aliphatic carbocycles. The van der Waals surface area contributed by atoms with Crippen molar-refractivity contribution in [1.29, 1.82) is 0 Å². The molecule has 2 heterocycles. The fraction of sp³-hybridized carbons (Fsp3) is 0.300. The van der Waals surface area contributed by atoms with E-state index >= 15 is 0 Å². The molecule has 1 aliphatic rings. The molecule has 0 radical (unpaired) electrons. The quantitative estimate of drug-likeness (QED) is 0.274. The Morgan fingerprint density at radius 2 is 1.78 bits per heavy atom. The number of benzene rings is 2. The minimum absolute atomic E-state index is 0.252. The van der Waals surface area contributed by atoms with Gasteiger partial charge in [0.2, 0.25) is 0 Å². The van der Waals surface area contributed by atoms with Crippen LogP contribution < -0.4 is 5.32 Å². The Labute approximate surface area is 221 Å². The largest absolute Gasteiger partial charge is 0.382 e. The van der Waals surface area contributed by atoms with Gasteiger partial charge < -0.3 is 10.4 Å². The average Bonchev–Trinajstić information content (AvgIpc) is 3.41. The molecular weight excluding hydrogens is 487 g/mol. The first-order chi connectivity index (χ1) is 17.6. The third kappa shape index (κ3) is 5.09. The summed E-state index contributed by atoms with van der Waals surface area (Å²) in [5.74, 6) is 0.101. The number of hydrogen-bond acceptors (Lipinski definition) is 5. The van der Waals surface area contributed by atoms with E-state index in [0.717, 1.165) is 46.9 Å². The van der Waals surface area contributed by atoms with E-state index < -0.39 is 5.60 Å². The van der Waals surface area contributed by atoms with Gasteiger partial charge in [-0.1, -0.05) is 29.8 Å².